The maximum absolute atomic E-state index is 11.2. The molecule has 6 nitrogen and oxygen atoms in total. The molecule has 2 heterocycles. The molecule has 1 N–H and O–H groups in total. The summed E-state index contributed by atoms with van der Waals surface area (Å²) in [4.78, 5) is 19.5. The van der Waals surface area contributed by atoms with Crippen LogP contribution in [0.2, 0.25) is 0 Å². The third-order valence-corrected chi connectivity index (χ3v) is 2.70. The van der Waals surface area contributed by atoms with Gasteiger partial charge in [-0.25, -0.2) is 9.97 Å². The third kappa shape index (κ3) is 2.43. The van der Waals surface area contributed by atoms with E-state index in [1.54, 1.807) is 6.92 Å². The van der Waals surface area contributed by atoms with E-state index in [9.17, 15) is 4.79 Å². The molecule has 2 aromatic heterocycles. The maximum Gasteiger partial charge on any atom is 0.311 e. The lowest BCUT2D eigenvalue weighted by molar-refractivity contribution is -0.142. The van der Waals surface area contributed by atoms with Gasteiger partial charge in [0.15, 0.2) is 10.8 Å². The Morgan fingerprint density at radius 3 is 3.19 bits per heavy atom. The number of hydrogen-bond donors (Lipinski definition) is 1. The molecule has 0 aliphatic rings. The van der Waals surface area contributed by atoms with Gasteiger partial charge in [0.25, 0.3) is 0 Å². The molecule has 0 spiro atoms. The number of nitrogens with one attached hydrogen (secondary N) is 1. The Balaban J connectivity index is 2.06. The van der Waals surface area contributed by atoms with Crippen LogP contribution in [0.1, 0.15) is 12.6 Å². The van der Waals surface area contributed by atoms with E-state index in [-0.39, 0.29) is 12.4 Å². The molecule has 16 heavy (non-hydrogen) atoms. The van der Waals surface area contributed by atoms with Crippen LogP contribution in [-0.2, 0) is 16.0 Å². The summed E-state index contributed by atoms with van der Waals surface area (Å²) in [6, 6.07) is 0. The molecule has 2 aromatic rings. The number of carbonyl (C=O) groups excluding carboxylic acids is 1. The Hall–Kier alpha value is -1.76. The number of carbonyl (C=O) groups is 1. The van der Waals surface area contributed by atoms with E-state index in [2.05, 4.69) is 20.2 Å². The van der Waals surface area contributed by atoms with Gasteiger partial charge in [0.05, 0.1) is 18.7 Å². The predicted octanol–water partition coefficient (Wildman–Crippen LogP) is 1.03. The Morgan fingerprint density at radius 1 is 1.62 bits per heavy atom. The first-order valence-electron chi connectivity index (χ1n) is 4.75. The smallest absolute Gasteiger partial charge is 0.311 e. The SMILES string of the molecule is CCOC(=O)Cc1csc(-c2ncn[nH]2)n1. The molecule has 0 bridgehead atoms. The van der Waals surface area contributed by atoms with Crippen molar-refractivity contribution in [1.82, 2.24) is 20.2 Å². The Labute approximate surface area is 95.7 Å². The molecule has 0 saturated heterocycles. The number of esters is 1. The van der Waals surface area contributed by atoms with Crippen molar-refractivity contribution in [2.45, 2.75) is 13.3 Å². The van der Waals surface area contributed by atoms with Gasteiger partial charge in [0.1, 0.15) is 6.33 Å². The van der Waals surface area contributed by atoms with Crippen LogP contribution in [0.25, 0.3) is 10.8 Å². The van der Waals surface area contributed by atoms with Crippen LogP contribution < -0.4 is 0 Å². The molecule has 0 amide bonds. The van der Waals surface area contributed by atoms with Crippen molar-refractivity contribution in [2.75, 3.05) is 6.61 Å². The summed E-state index contributed by atoms with van der Waals surface area (Å²) in [5, 5.41) is 8.99. The average Bonchev–Trinajstić information content (AvgIpc) is 2.86. The summed E-state index contributed by atoms with van der Waals surface area (Å²) in [6.45, 7) is 2.16. The van der Waals surface area contributed by atoms with Crippen LogP contribution >= 0.6 is 11.3 Å². The average molecular weight is 238 g/mol. The number of thiazole rings is 1. The first-order valence-corrected chi connectivity index (χ1v) is 5.63. The Kier molecular flexibility index (Phi) is 3.25. The molecule has 0 saturated carbocycles. The van der Waals surface area contributed by atoms with Crippen LogP contribution in [0.15, 0.2) is 11.7 Å². The molecule has 7 heteroatoms. The molecular weight excluding hydrogens is 228 g/mol. The zero-order valence-corrected chi connectivity index (χ0v) is 9.45. The van der Waals surface area contributed by atoms with Crippen LogP contribution in [-0.4, -0.2) is 32.7 Å². The van der Waals surface area contributed by atoms with Crippen LogP contribution in [0, 0.1) is 0 Å². The van der Waals surface area contributed by atoms with E-state index < -0.39 is 0 Å². The van der Waals surface area contributed by atoms with Crippen LogP contribution in [0.4, 0.5) is 0 Å². The van der Waals surface area contributed by atoms with E-state index in [0.717, 1.165) is 5.01 Å². The maximum atomic E-state index is 11.2. The second kappa shape index (κ2) is 4.84. The monoisotopic (exact) mass is 238 g/mol. The predicted molar refractivity (Wildman–Crippen MR) is 57.8 cm³/mol. The second-order valence-electron chi connectivity index (χ2n) is 2.96. The minimum atomic E-state index is -0.267. The molecule has 0 atom stereocenters. The fraction of sp³-hybridized carbons (Fsp3) is 0.333. The summed E-state index contributed by atoms with van der Waals surface area (Å²) in [5.41, 5.74) is 0.690. The van der Waals surface area contributed by atoms with Gasteiger partial charge in [-0.15, -0.1) is 11.3 Å². The fourth-order valence-corrected chi connectivity index (χ4v) is 1.93. The fourth-order valence-electron chi connectivity index (χ4n) is 1.17. The molecule has 0 aliphatic heterocycles. The lowest BCUT2D eigenvalue weighted by Gasteiger charge is -1.97. The molecule has 0 aromatic carbocycles. The zero-order valence-electron chi connectivity index (χ0n) is 8.64. The van der Waals surface area contributed by atoms with Crippen molar-refractivity contribution < 1.29 is 9.53 Å². The lowest BCUT2D eigenvalue weighted by atomic mass is 10.3. The topological polar surface area (TPSA) is 80.8 Å². The van der Waals surface area contributed by atoms with E-state index >= 15 is 0 Å². The summed E-state index contributed by atoms with van der Waals surface area (Å²) >= 11 is 1.41. The number of rotatable bonds is 4. The highest BCUT2D eigenvalue weighted by Crippen LogP contribution is 2.19. The van der Waals surface area contributed by atoms with Crippen molar-refractivity contribution in [3.05, 3.63) is 17.4 Å². The molecule has 0 radical (unpaired) electrons. The number of aromatic amines is 1. The number of hydrogen-bond acceptors (Lipinski definition) is 6. The van der Waals surface area contributed by atoms with E-state index in [0.29, 0.717) is 18.1 Å². The number of aromatic nitrogens is 4. The summed E-state index contributed by atoms with van der Waals surface area (Å²) in [6.07, 6.45) is 1.61. The van der Waals surface area contributed by atoms with Gasteiger partial charge >= 0.3 is 5.97 Å². The number of ether oxygens (including phenoxy) is 1. The van der Waals surface area contributed by atoms with Crippen molar-refractivity contribution in [3.8, 4) is 10.8 Å². The Bertz CT molecular complexity index is 466. The zero-order chi connectivity index (χ0) is 11.4. The van der Waals surface area contributed by atoms with E-state index in [1.807, 2.05) is 5.38 Å². The van der Waals surface area contributed by atoms with E-state index in [1.165, 1.54) is 17.7 Å². The second-order valence-corrected chi connectivity index (χ2v) is 3.82. The highest BCUT2D eigenvalue weighted by molar-refractivity contribution is 7.13. The molecule has 0 aliphatic carbocycles. The summed E-state index contributed by atoms with van der Waals surface area (Å²) in [5.74, 6) is 0.344. The molecule has 2 rings (SSSR count). The number of nitrogens with zero attached hydrogens (tertiary/aromatic N) is 3. The number of H-pyrrole nitrogens is 1. The largest absolute Gasteiger partial charge is 0.466 e. The third-order valence-electron chi connectivity index (χ3n) is 1.80. The van der Waals surface area contributed by atoms with Gasteiger partial charge in [-0.3, -0.25) is 9.89 Å². The van der Waals surface area contributed by atoms with Gasteiger partial charge in [-0.2, -0.15) is 5.10 Å². The van der Waals surface area contributed by atoms with Gasteiger partial charge in [0, 0.05) is 5.38 Å². The molecule has 84 valence electrons. The highest BCUT2D eigenvalue weighted by atomic mass is 32.1. The normalized spacial score (nSPS) is 10.3. The van der Waals surface area contributed by atoms with Crippen molar-refractivity contribution in [1.29, 1.82) is 0 Å². The van der Waals surface area contributed by atoms with Gasteiger partial charge in [-0.1, -0.05) is 0 Å². The van der Waals surface area contributed by atoms with Crippen molar-refractivity contribution in [2.24, 2.45) is 0 Å². The Morgan fingerprint density at radius 2 is 2.50 bits per heavy atom. The van der Waals surface area contributed by atoms with Crippen molar-refractivity contribution >= 4 is 17.3 Å². The standard InChI is InChI=1S/C9H10N4O2S/c1-2-15-7(14)3-6-4-16-9(12-6)8-10-5-11-13-8/h4-5H,2-3H2,1H3,(H,10,11,13). The van der Waals surface area contributed by atoms with Gasteiger partial charge in [-0.05, 0) is 6.92 Å². The van der Waals surface area contributed by atoms with Gasteiger partial charge in [0.2, 0.25) is 0 Å². The van der Waals surface area contributed by atoms with Gasteiger partial charge < -0.3 is 4.74 Å². The van der Waals surface area contributed by atoms with E-state index in [4.69, 9.17) is 4.74 Å². The first kappa shape index (κ1) is 10.7. The van der Waals surface area contributed by atoms with Crippen LogP contribution in [0.5, 0.6) is 0 Å². The first-order chi connectivity index (χ1) is 7.79. The summed E-state index contributed by atoms with van der Waals surface area (Å²) in [7, 11) is 0. The van der Waals surface area contributed by atoms with Crippen molar-refractivity contribution in [3.63, 3.8) is 0 Å². The molecule has 0 fully saturated rings. The lowest BCUT2D eigenvalue weighted by Crippen LogP contribution is -2.07. The molecular formula is C9H10N4O2S. The minimum Gasteiger partial charge on any atom is -0.466 e. The molecule has 0 unspecified atom stereocenters. The van der Waals surface area contributed by atoms with Crippen LogP contribution in [0.3, 0.4) is 0 Å². The minimum absolute atomic E-state index is 0.193. The summed E-state index contributed by atoms with van der Waals surface area (Å²) < 4.78 is 4.84. The quantitative estimate of drug-likeness (QED) is 0.805. The highest BCUT2D eigenvalue weighted by Gasteiger charge is 2.10.